The Morgan fingerprint density at radius 1 is 1.12 bits per heavy atom. The Morgan fingerprint density at radius 3 is 2.59 bits per heavy atom. The van der Waals surface area contributed by atoms with Crippen molar-refractivity contribution in [3.05, 3.63) is 41.8 Å². The Morgan fingerprint density at radius 2 is 1.88 bits per heavy atom. The highest BCUT2D eigenvalue weighted by Crippen LogP contribution is 2.42. The van der Waals surface area contributed by atoms with Crippen molar-refractivity contribution < 1.29 is 12.8 Å². The van der Waals surface area contributed by atoms with Gasteiger partial charge in [0, 0.05) is 19.7 Å². The van der Waals surface area contributed by atoms with Crippen LogP contribution < -0.4 is 9.80 Å². The molecule has 1 aromatic carbocycles. The van der Waals surface area contributed by atoms with Crippen LogP contribution in [0.25, 0.3) is 5.65 Å². The second-order valence-electron chi connectivity index (χ2n) is 8.32. The quantitative estimate of drug-likeness (QED) is 0.356. The smallest absolute Gasteiger partial charge is 0.181 e. The zero-order chi connectivity index (χ0) is 22.9. The lowest BCUT2D eigenvalue weighted by molar-refractivity contribution is 0.524. The van der Waals surface area contributed by atoms with E-state index in [2.05, 4.69) is 39.3 Å². The Balaban J connectivity index is 1.39. The molecule has 3 heterocycles. The summed E-state index contributed by atoms with van der Waals surface area (Å²) in [7, 11) is -1.28. The maximum absolute atomic E-state index is 13.1. The van der Waals surface area contributed by atoms with Gasteiger partial charge in [0.2, 0.25) is 0 Å². The summed E-state index contributed by atoms with van der Waals surface area (Å²) in [6.45, 7) is 5.13. The first kappa shape index (κ1) is 22.4. The Hall–Kier alpha value is -2.75. The lowest BCUT2D eigenvalue weighted by Crippen LogP contribution is -2.41. The van der Waals surface area contributed by atoms with Crippen molar-refractivity contribution in [2.75, 3.05) is 29.1 Å². The number of unbranched alkanes of at least 4 members (excludes halogenated alkanes) is 2. The molecule has 0 fully saturated rings. The minimum Gasteiger partial charge on any atom is -0.351 e. The molecule has 10 heteroatoms. The van der Waals surface area contributed by atoms with Gasteiger partial charge in [-0.3, -0.25) is 0 Å². The predicted molar refractivity (Wildman–Crippen MR) is 122 cm³/mol. The molecule has 0 saturated carbocycles. The summed E-state index contributed by atoms with van der Waals surface area (Å²) in [6, 6.07) is 7.09. The van der Waals surface area contributed by atoms with E-state index in [9.17, 15) is 12.8 Å². The molecule has 1 atom stereocenters. The van der Waals surface area contributed by atoms with Gasteiger partial charge in [-0.25, -0.2) is 12.8 Å². The molecule has 1 unspecified atom stereocenters. The minimum atomic E-state index is -3.38. The molecular formula is C22H29FN6O2S. The maximum atomic E-state index is 13.1. The van der Waals surface area contributed by atoms with Crippen LogP contribution in [-0.4, -0.2) is 54.0 Å². The summed E-state index contributed by atoms with van der Waals surface area (Å²) in [5, 5.41) is 12.0. The van der Waals surface area contributed by atoms with E-state index in [4.69, 9.17) is 0 Å². The molecule has 172 valence electrons. The van der Waals surface area contributed by atoms with Gasteiger partial charge in [0.25, 0.3) is 0 Å². The normalized spacial score (nSPS) is 16.2. The van der Waals surface area contributed by atoms with E-state index in [0.29, 0.717) is 6.42 Å². The fourth-order valence-electron chi connectivity index (χ4n) is 4.59. The van der Waals surface area contributed by atoms with Crippen LogP contribution in [0.4, 0.5) is 15.8 Å². The Bertz CT molecular complexity index is 1200. The number of tetrazole rings is 1. The zero-order valence-corrected chi connectivity index (χ0v) is 19.5. The van der Waals surface area contributed by atoms with Crippen molar-refractivity contribution in [2.45, 2.75) is 57.0 Å². The van der Waals surface area contributed by atoms with Gasteiger partial charge in [0.15, 0.2) is 15.5 Å². The van der Waals surface area contributed by atoms with Crippen molar-refractivity contribution >= 4 is 26.9 Å². The molecule has 1 aliphatic heterocycles. The fraction of sp³-hybridized carbons (Fsp3) is 0.500. The number of aromatic nitrogens is 4. The molecule has 0 bridgehead atoms. The van der Waals surface area contributed by atoms with Crippen LogP contribution in [0.15, 0.2) is 35.2 Å². The third kappa shape index (κ3) is 4.15. The molecule has 0 amide bonds. The number of hydrogen-bond acceptors (Lipinski definition) is 7. The van der Waals surface area contributed by atoms with Crippen LogP contribution in [-0.2, 0) is 9.84 Å². The number of aryl methyl sites for hydroxylation is 1. The number of pyridine rings is 1. The van der Waals surface area contributed by atoms with E-state index in [1.165, 1.54) is 24.3 Å². The second-order valence-corrected chi connectivity index (χ2v) is 10.4. The maximum Gasteiger partial charge on any atom is 0.181 e. The summed E-state index contributed by atoms with van der Waals surface area (Å²) < 4.78 is 39.8. The number of rotatable bonds is 9. The number of sulfone groups is 1. The van der Waals surface area contributed by atoms with E-state index >= 15 is 0 Å². The third-order valence-corrected chi connectivity index (χ3v) is 7.96. The molecule has 0 N–H and O–H groups in total. The molecule has 0 saturated heterocycles. The lowest BCUT2D eigenvalue weighted by atomic mass is 10.1. The van der Waals surface area contributed by atoms with Crippen LogP contribution in [0.2, 0.25) is 0 Å². The Kier molecular flexibility index (Phi) is 6.32. The zero-order valence-electron chi connectivity index (χ0n) is 18.7. The van der Waals surface area contributed by atoms with Gasteiger partial charge < -0.3 is 9.80 Å². The highest BCUT2D eigenvalue weighted by Gasteiger charge is 2.35. The summed E-state index contributed by atoms with van der Waals surface area (Å²) in [4.78, 5) is 4.88. The van der Waals surface area contributed by atoms with Gasteiger partial charge in [0.1, 0.15) is 12.0 Å². The van der Waals surface area contributed by atoms with Gasteiger partial charge in [-0.1, -0.05) is 13.3 Å². The predicted octanol–water partition coefficient (Wildman–Crippen LogP) is 3.60. The van der Waals surface area contributed by atoms with E-state index in [-0.39, 0.29) is 16.8 Å². The number of hydrogen-bond donors (Lipinski definition) is 0. The molecule has 8 nitrogen and oxygen atoms in total. The number of fused-ring (bicyclic) bond motifs is 2. The number of nitrogens with zero attached hydrogens (tertiary/aromatic N) is 6. The number of benzene rings is 1. The van der Waals surface area contributed by atoms with Crippen LogP contribution >= 0.6 is 0 Å². The first-order valence-electron chi connectivity index (χ1n) is 11.0. The second kappa shape index (κ2) is 9.01. The monoisotopic (exact) mass is 460 g/mol. The number of anilines is 2. The SMILES string of the molecule is CCCN1c2cc3nnnn3c(C)c2N(C)C1CCCCCS(=O)(=O)c1ccc(F)cc1. The molecule has 3 aromatic rings. The fourth-order valence-corrected chi connectivity index (χ4v) is 5.96. The molecule has 32 heavy (non-hydrogen) atoms. The van der Waals surface area contributed by atoms with Gasteiger partial charge in [-0.2, -0.15) is 4.52 Å². The number of halogens is 1. The highest BCUT2D eigenvalue weighted by atomic mass is 32.2. The third-order valence-electron chi connectivity index (χ3n) is 6.14. The van der Waals surface area contributed by atoms with Gasteiger partial charge >= 0.3 is 0 Å². The first-order chi connectivity index (χ1) is 15.3. The van der Waals surface area contributed by atoms with E-state index in [1.54, 1.807) is 4.52 Å². The van der Waals surface area contributed by atoms with Gasteiger partial charge in [-0.05, 0) is 67.3 Å². The van der Waals surface area contributed by atoms with Gasteiger partial charge in [-0.15, -0.1) is 5.10 Å². The topological polar surface area (TPSA) is 83.7 Å². The summed E-state index contributed by atoms with van der Waals surface area (Å²) in [6.07, 6.45) is 4.47. The largest absolute Gasteiger partial charge is 0.351 e. The van der Waals surface area contributed by atoms with E-state index in [1.807, 2.05) is 13.0 Å². The van der Waals surface area contributed by atoms with Crippen LogP contribution in [0, 0.1) is 12.7 Å². The van der Waals surface area contributed by atoms with Crippen molar-refractivity contribution in [3.63, 3.8) is 0 Å². The molecular weight excluding hydrogens is 431 g/mol. The summed E-state index contributed by atoms with van der Waals surface area (Å²) in [5.74, 6) is -0.356. The molecule has 2 aromatic heterocycles. The van der Waals surface area contributed by atoms with Crippen LogP contribution in [0.1, 0.15) is 44.7 Å². The Labute approximate surface area is 187 Å². The standard InChI is InChI=1S/C22H29FN6O2S/c1-4-13-28-19-15-20-24-25-26-29(20)16(2)22(19)27(3)21(28)8-6-5-7-14-32(30,31)18-11-9-17(23)10-12-18/h9-12,15,21H,4-8,13-14H2,1-3H3. The van der Waals surface area contributed by atoms with Crippen LogP contribution in [0.3, 0.4) is 0 Å². The summed E-state index contributed by atoms with van der Waals surface area (Å²) >= 11 is 0. The average Bonchev–Trinajstić information content (AvgIpc) is 3.33. The molecule has 0 aliphatic carbocycles. The lowest BCUT2D eigenvalue weighted by Gasteiger charge is -2.31. The van der Waals surface area contributed by atoms with Gasteiger partial charge in [0.05, 0.1) is 27.7 Å². The van der Waals surface area contributed by atoms with Crippen LogP contribution in [0.5, 0.6) is 0 Å². The first-order valence-corrected chi connectivity index (χ1v) is 12.7. The molecule has 0 spiro atoms. The van der Waals surface area contributed by atoms with E-state index in [0.717, 1.165) is 54.9 Å². The van der Waals surface area contributed by atoms with Crippen molar-refractivity contribution in [3.8, 4) is 0 Å². The highest BCUT2D eigenvalue weighted by molar-refractivity contribution is 7.91. The van der Waals surface area contributed by atoms with Crippen molar-refractivity contribution in [1.29, 1.82) is 0 Å². The van der Waals surface area contributed by atoms with Crippen molar-refractivity contribution in [1.82, 2.24) is 20.0 Å². The minimum absolute atomic E-state index is 0.0764. The van der Waals surface area contributed by atoms with Crippen molar-refractivity contribution in [2.24, 2.45) is 0 Å². The van der Waals surface area contributed by atoms with E-state index < -0.39 is 15.7 Å². The molecule has 4 rings (SSSR count). The molecule has 0 radical (unpaired) electrons. The summed E-state index contributed by atoms with van der Waals surface area (Å²) in [5.41, 5.74) is 4.04. The molecule has 1 aliphatic rings. The average molecular weight is 461 g/mol.